The third kappa shape index (κ3) is 5.07. The van der Waals surface area contributed by atoms with Gasteiger partial charge in [-0.2, -0.15) is 5.10 Å². The van der Waals surface area contributed by atoms with Crippen LogP contribution in [0, 0.1) is 12.8 Å². The Labute approximate surface area is 183 Å². The van der Waals surface area contributed by atoms with Gasteiger partial charge in [-0.1, -0.05) is 24.3 Å². The van der Waals surface area contributed by atoms with Crippen LogP contribution in [0.4, 0.5) is 0 Å². The number of hydrogen-bond acceptors (Lipinski definition) is 5. The average Bonchev–Trinajstić information content (AvgIpc) is 3.12. The number of benzene rings is 1. The molecule has 0 aliphatic carbocycles. The number of aromatic nitrogens is 3. The number of fused-ring (bicyclic) bond motifs is 1. The molecule has 1 unspecified atom stereocenters. The standard InChI is InChI=1S/C23H33N5O3/c1-3-28-23(30)27-12-13-31-20(22(27)25-28)14-21(29)24-15-18-8-10-26(11-9-18)16-19-7-5-4-6-17(19)2/h4-7,18,20H,3,8-16H2,1-2H3,(H,24,29). The van der Waals surface area contributed by atoms with Gasteiger partial charge in [0.05, 0.1) is 19.6 Å². The predicted molar refractivity (Wildman–Crippen MR) is 118 cm³/mol. The Kier molecular flexibility index (Phi) is 6.87. The first-order chi connectivity index (χ1) is 15.0. The highest BCUT2D eigenvalue weighted by atomic mass is 16.5. The molecule has 8 nitrogen and oxygen atoms in total. The first-order valence-electron chi connectivity index (χ1n) is 11.4. The lowest BCUT2D eigenvalue weighted by atomic mass is 9.96. The van der Waals surface area contributed by atoms with Gasteiger partial charge in [-0.05, 0) is 56.8 Å². The molecule has 1 aromatic heterocycles. The predicted octanol–water partition coefficient (Wildman–Crippen LogP) is 1.86. The van der Waals surface area contributed by atoms with E-state index < -0.39 is 6.10 Å². The van der Waals surface area contributed by atoms with Gasteiger partial charge in [-0.3, -0.25) is 14.3 Å². The van der Waals surface area contributed by atoms with Crippen LogP contribution in [0.3, 0.4) is 0 Å². The quantitative estimate of drug-likeness (QED) is 0.730. The van der Waals surface area contributed by atoms with E-state index in [-0.39, 0.29) is 18.0 Å². The van der Waals surface area contributed by atoms with Crippen LogP contribution in [0.1, 0.15) is 49.2 Å². The monoisotopic (exact) mass is 427 g/mol. The van der Waals surface area contributed by atoms with Gasteiger partial charge in [0.25, 0.3) is 0 Å². The summed E-state index contributed by atoms with van der Waals surface area (Å²) in [5.74, 6) is 1.03. The average molecular weight is 428 g/mol. The maximum absolute atomic E-state index is 12.5. The summed E-state index contributed by atoms with van der Waals surface area (Å²) in [6.07, 6.45) is 1.93. The van der Waals surface area contributed by atoms with Gasteiger partial charge in [0.15, 0.2) is 5.82 Å². The normalized spacial score (nSPS) is 19.9. The summed E-state index contributed by atoms with van der Waals surface area (Å²) in [5.41, 5.74) is 2.62. The van der Waals surface area contributed by atoms with Gasteiger partial charge in [-0.15, -0.1) is 0 Å². The smallest absolute Gasteiger partial charge is 0.346 e. The minimum atomic E-state index is -0.454. The van der Waals surface area contributed by atoms with Crippen LogP contribution >= 0.6 is 0 Å². The zero-order valence-electron chi connectivity index (χ0n) is 18.5. The number of aryl methyl sites for hydroxylation is 2. The zero-order chi connectivity index (χ0) is 21.8. The Morgan fingerprint density at radius 1 is 1.23 bits per heavy atom. The Morgan fingerprint density at radius 3 is 2.74 bits per heavy atom. The Hall–Kier alpha value is -2.45. The number of carbonyl (C=O) groups excluding carboxylic acids is 1. The molecule has 31 heavy (non-hydrogen) atoms. The number of piperidine rings is 1. The lowest BCUT2D eigenvalue weighted by molar-refractivity contribution is -0.125. The van der Waals surface area contributed by atoms with Crippen LogP contribution in [-0.4, -0.2) is 51.4 Å². The van der Waals surface area contributed by atoms with Crippen molar-refractivity contribution in [2.75, 3.05) is 26.2 Å². The van der Waals surface area contributed by atoms with E-state index in [2.05, 4.69) is 46.5 Å². The SMILES string of the molecule is CCn1nc2n(c1=O)CCOC2CC(=O)NCC1CCN(Cc2ccccc2C)CC1. The number of nitrogens with one attached hydrogen (secondary N) is 1. The van der Waals surface area contributed by atoms with Crippen molar-refractivity contribution in [2.45, 2.75) is 58.8 Å². The lowest BCUT2D eigenvalue weighted by Crippen LogP contribution is -2.39. The summed E-state index contributed by atoms with van der Waals surface area (Å²) in [6, 6.07) is 8.56. The van der Waals surface area contributed by atoms with Crippen LogP contribution in [0.2, 0.25) is 0 Å². The van der Waals surface area contributed by atoms with E-state index in [4.69, 9.17) is 4.74 Å². The van der Waals surface area contributed by atoms with Crippen LogP contribution in [0.5, 0.6) is 0 Å². The number of nitrogens with zero attached hydrogens (tertiary/aromatic N) is 4. The molecule has 168 valence electrons. The van der Waals surface area contributed by atoms with Crippen LogP contribution in [0.25, 0.3) is 0 Å². The number of rotatable bonds is 7. The summed E-state index contributed by atoms with van der Waals surface area (Å²) in [7, 11) is 0. The summed E-state index contributed by atoms with van der Waals surface area (Å²) >= 11 is 0. The third-order valence-corrected chi connectivity index (χ3v) is 6.49. The summed E-state index contributed by atoms with van der Waals surface area (Å²) < 4.78 is 8.82. The van der Waals surface area contributed by atoms with Gasteiger partial charge >= 0.3 is 5.69 Å². The topological polar surface area (TPSA) is 81.4 Å². The molecule has 0 radical (unpaired) electrons. The van der Waals surface area contributed by atoms with Gasteiger partial charge in [0.1, 0.15) is 6.10 Å². The minimum absolute atomic E-state index is 0.0423. The molecule has 3 heterocycles. The van der Waals surface area contributed by atoms with E-state index in [1.54, 1.807) is 4.57 Å². The highest BCUT2D eigenvalue weighted by Gasteiger charge is 2.29. The molecule has 2 aromatic rings. The fraction of sp³-hybridized carbons (Fsp3) is 0.609. The van der Waals surface area contributed by atoms with Crippen molar-refractivity contribution in [3.8, 4) is 0 Å². The number of amides is 1. The van der Waals surface area contributed by atoms with Crippen molar-refractivity contribution < 1.29 is 9.53 Å². The molecule has 1 saturated heterocycles. The lowest BCUT2D eigenvalue weighted by Gasteiger charge is -2.32. The van der Waals surface area contributed by atoms with Gasteiger partial charge in [0.2, 0.25) is 5.91 Å². The first kappa shape index (κ1) is 21.8. The highest BCUT2D eigenvalue weighted by molar-refractivity contribution is 5.76. The molecule has 4 rings (SSSR count). The number of likely N-dealkylation sites (tertiary alicyclic amines) is 1. The van der Waals surface area contributed by atoms with E-state index >= 15 is 0 Å². The van der Waals surface area contributed by atoms with Crippen LogP contribution in [0.15, 0.2) is 29.1 Å². The second-order valence-corrected chi connectivity index (χ2v) is 8.62. The van der Waals surface area contributed by atoms with E-state index in [0.717, 1.165) is 32.5 Å². The molecule has 1 aromatic carbocycles. The molecule has 2 aliphatic rings. The Morgan fingerprint density at radius 2 is 2.00 bits per heavy atom. The van der Waals surface area contributed by atoms with Crippen molar-refractivity contribution in [1.29, 1.82) is 0 Å². The molecule has 0 spiro atoms. The molecule has 1 N–H and O–H groups in total. The van der Waals surface area contributed by atoms with Crippen molar-refractivity contribution >= 4 is 5.91 Å². The number of carbonyl (C=O) groups is 1. The van der Waals surface area contributed by atoms with Crippen LogP contribution in [-0.2, 0) is 29.2 Å². The maximum Gasteiger partial charge on any atom is 0.346 e. The summed E-state index contributed by atoms with van der Waals surface area (Å²) in [4.78, 5) is 27.3. The van der Waals surface area contributed by atoms with Gasteiger partial charge < -0.3 is 10.1 Å². The molecular weight excluding hydrogens is 394 g/mol. The molecule has 1 amide bonds. The van der Waals surface area contributed by atoms with E-state index in [0.29, 0.717) is 38.0 Å². The molecule has 1 fully saturated rings. The number of ether oxygens (including phenoxy) is 1. The first-order valence-corrected chi connectivity index (χ1v) is 11.4. The van der Waals surface area contributed by atoms with Crippen molar-refractivity contribution in [3.63, 3.8) is 0 Å². The van der Waals surface area contributed by atoms with E-state index in [1.807, 2.05) is 6.92 Å². The molecule has 0 bridgehead atoms. The molecule has 8 heteroatoms. The molecule has 0 saturated carbocycles. The molecular formula is C23H33N5O3. The largest absolute Gasteiger partial charge is 0.368 e. The van der Waals surface area contributed by atoms with Crippen molar-refractivity contribution in [1.82, 2.24) is 24.6 Å². The Balaban J connectivity index is 1.23. The second kappa shape index (κ2) is 9.78. The molecule has 1 atom stereocenters. The second-order valence-electron chi connectivity index (χ2n) is 8.62. The third-order valence-electron chi connectivity index (χ3n) is 6.49. The Bertz CT molecular complexity index is 958. The fourth-order valence-corrected chi connectivity index (χ4v) is 4.50. The summed E-state index contributed by atoms with van der Waals surface area (Å²) in [6.45, 7) is 9.29. The van der Waals surface area contributed by atoms with Crippen LogP contribution < -0.4 is 11.0 Å². The zero-order valence-corrected chi connectivity index (χ0v) is 18.5. The van der Waals surface area contributed by atoms with Crippen molar-refractivity contribution in [3.05, 3.63) is 51.7 Å². The summed E-state index contributed by atoms with van der Waals surface area (Å²) in [5, 5.41) is 7.44. The fourth-order valence-electron chi connectivity index (χ4n) is 4.50. The molecule has 2 aliphatic heterocycles. The minimum Gasteiger partial charge on any atom is -0.368 e. The maximum atomic E-state index is 12.5. The van der Waals surface area contributed by atoms with Crippen molar-refractivity contribution in [2.24, 2.45) is 5.92 Å². The van der Waals surface area contributed by atoms with E-state index in [1.165, 1.54) is 15.8 Å². The number of hydrogen-bond donors (Lipinski definition) is 1. The van der Waals surface area contributed by atoms with Gasteiger partial charge in [-0.25, -0.2) is 9.48 Å². The van der Waals surface area contributed by atoms with Gasteiger partial charge in [0, 0.05) is 19.6 Å². The van der Waals surface area contributed by atoms with E-state index in [9.17, 15) is 9.59 Å². The highest BCUT2D eigenvalue weighted by Crippen LogP contribution is 2.23.